The predicted molar refractivity (Wildman–Crippen MR) is 72.8 cm³/mol. The number of morpholine rings is 1. The summed E-state index contributed by atoms with van der Waals surface area (Å²) >= 11 is 0. The summed E-state index contributed by atoms with van der Waals surface area (Å²) < 4.78 is 31.7. The van der Waals surface area contributed by atoms with Crippen molar-refractivity contribution in [3.63, 3.8) is 0 Å². The van der Waals surface area contributed by atoms with Crippen LogP contribution < -0.4 is 0 Å². The van der Waals surface area contributed by atoms with Crippen molar-refractivity contribution in [3.8, 4) is 0 Å². The van der Waals surface area contributed by atoms with Gasteiger partial charge < -0.3 is 14.9 Å². The quantitative estimate of drug-likeness (QED) is 0.800. The van der Waals surface area contributed by atoms with Crippen LogP contribution >= 0.6 is 0 Å². The van der Waals surface area contributed by atoms with E-state index in [-0.39, 0.29) is 31.2 Å². The number of aliphatic hydroxyl groups excluding tert-OH is 2. The second kappa shape index (κ2) is 6.19. The Balaban J connectivity index is 2.25. The lowest BCUT2D eigenvalue weighted by atomic mass is 10.2. The third-order valence-electron chi connectivity index (χ3n) is 3.27. The third kappa shape index (κ3) is 3.18. The first kappa shape index (κ1) is 15.4. The zero-order valence-corrected chi connectivity index (χ0v) is 12.1. The molecule has 1 aromatic carbocycles. The van der Waals surface area contributed by atoms with E-state index in [1.165, 1.54) is 4.31 Å². The smallest absolute Gasteiger partial charge is 0.243 e. The van der Waals surface area contributed by atoms with Gasteiger partial charge in [-0.3, -0.25) is 0 Å². The van der Waals surface area contributed by atoms with E-state index in [1.807, 2.05) is 6.92 Å². The van der Waals surface area contributed by atoms with Gasteiger partial charge in [0, 0.05) is 13.1 Å². The lowest BCUT2D eigenvalue weighted by Gasteiger charge is -2.35. The van der Waals surface area contributed by atoms with Gasteiger partial charge in [-0.1, -0.05) is 17.7 Å². The molecule has 1 saturated heterocycles. The molecule has 2 atom stereocenters. The molecule has 112 valence electrons. The summed E-state index contributed by atoms with van der Waals surface area (Å²) in [5.74, 6) is 0. The van der Waals surface area contributed by atoms with Gasteiger partial charge in [0.15, 0.2) is 0 Å². The van der Waals surface area contributed by atoms with Crippen LogP contribution in [0.3, 0.4) is 0 Å². The lowest BCUT2D eigenvalue weighted by Crippen LogP contribution is -2.52. The molecule has 2 N–H and O–H groups in total. The molecule has 0 aromatic heterocycles. The minimum absolute atomic E-state index is 0.0865. The zero-order valence-electron chi connectivity index (χ0n) is 11.3. The van der Waals surface area contributed by atoms with Gasteiger partial charge in [0.05, 0.1) is 30.3 Å². The van der Waals surface area contributed by atoms with Crippen molar-refractivity contribution >= 4 is 10.0 Å². The highest BCUT2D eigenvalue weighted by Crippen LogP contribution is 2.21. The highest BCUT2D eigenvalue weighted by Gasteiger charge is 2.34. The molecule has 2 rings (SSSR count). The molecule has 2 unspecified atom stereocenters. The van der Waals surface area contributed by atoms with Crippen molar-refractivity contribution < 1.29 is 23.4 Å². The second-order valence-corrected chi connectivity index (χ2v) is 6.82. The van der Waals surface area contributed by atoms with Crippen molar-refractivity contribution in [2.75, 3.05) is 26.3 Å². The van der Waals surface area contributed by atoms with Gasteiger partial charge in [0.25, 0.3) is 0 Å². The molecular formula is C13H19NO5S. The number of hydrogen-bond donors (Lipinski definition) is 2. The molecule has 0 bridgehead atoms. The average molecular weight is 301 g/mol. The Morgan fingerprint density at radius 2 is 1.65 bits per heavy atom. The summed E-state index contributed by atoms with van der Waals surface area (Å²) in [6.45, 7) is 1.49. The monoisotopic (exact) mass is 301 g/mol. The van der Waals surface area contributed by atoms with Crippen molar-refractivity contribution in [3.05, 3.63) is 29.8 Å². The largest absolute Gasteiger partial charge is 0.394 e. The van der Waals surface area contributed by atoms with Crippen molar-refractivity contribution in [1.29, 1.82) is 0 Å². The fourth-order valence-electron chi connectivity index (χ4n) is 2.14. The summed E-state index contributed by atoms with van der Waals surface area (Å²) in [6.07, 6.45) is -1.22. The van der Waals surface area contributed by atoms with Gasteiger partial charge in [0.1, 0.15) is 0 Å². The first-order valence-electron chi connectivity index (χ1n) is 6.41. The minimum Gasteiger partial charge on any atom is -0.394 e. The van der Waals surface area contributed by atoms with Gasteiger partial charge in [-0.25, -0.2) is 8.42 Å². The molecule has 7 heteroatoms. The minimum atomic E-state index is -3.63. The summed E-state index contributed by atoms with van der Waals surface area (Å²) in [4.78, 5) is 0.207. The normalized spacial score (nSPS) is 24.8. The topological polar surface area (TPSA) is 87.1 Å². The van der Waals surface area contributed by atoms with Crippen LogP contribution in [-0.4, -0.2) is 61.4 Å². The van der Waals surface area contributed by atoms with Crippen LogP contribution in [0.4, 0.5) is 0 Å². The first-order valence-corrected chi connectivity index (χ1v) is 7.85. The Labute approximate surface area is 118 Å². The van der Waals surface area contributed by atoms with E-state index in [4.69, 9.17) is 14.9 Å². The summed E-state index contributed by atoms with van der Waals surface area (Å²) in [7, 11) is -3.63. The van der Waals surface area contributed by atoms with E-state index >= 15 is 0 Å². The molecule has 1 aliphatic rings. The van der Waals surface area contributed by atoms with Gasteiger partial charge in [0.2, 0.25) is 10.0 Å². The maximum Gasteiger partial charge on any atom is 0.243 e. The number of aliphatic hydroxyl groups is 2. The number of rotatable bonds is 4. The highest BCUT2D eigenvalue weighted by molar-refractivity contribution is 7.89. The van der Waals surface area contributed by atoms with E-state index < -0.39 is 22.2 Å². The molecule has 1 fully saturated rings. The van der Waals surface area contributed by atoms with Crippen LogP contribution in [0.5, 0.6) is 0 Å². The SMILES string of the molecule is Cc1ccc(S(=O)(=O)N2CC(CO)OC(CO)C2)cc1. The Kier molecular flexibility index (Phi) is 4.77. The molecule has 1 heterocycles. The molecule has 1 aromatic rings. The maximum atomic E-state index is 12.5. The summed E-state index contributed by atoms with van der Waals surface area (Å²) in [6, 6.07) is 6.59. The molecule has 20 heavy (non-hydrogen) atoms. The van der Waals surface area contributed by atoms with Gasteiger partial charge >= 0.3 is 0 Å². The van der Waals surface area contributed by atoms with Crippen molar-refractivity contribution in [2.24, 2.45) is 0 Å². The summed E-state index contributed by atoms with van der Waals surface area (Å²) in [5.41, 5.74) is 0.979. The van der Waals surface area contributed by atoms with Crippen LogP contribution in [0, 0.1) is 6.92 Å². The number of sulfonamides is 1. The molecule has 0 spiro atoms. The Morgan fingerprint density at radius 1 is 1.15 bits per heavy atom. The number of ether oxygens (including phenoxy) is 1. The number of nitrogens with zero attached hydrogens (tertiary/aromatic N) is 1. The molecule has 6 nitrogen and oxygen atoms in total. The van der Waals surface area contributed by atoms with Crippen molar-refractivity contribution in [2.45, 2.75) is 24.0 Å². The Hall–Kier alpha value is -0.990. The number of aryl methyl sites for hydroxylation is 1. The molecular weight excluding hydrogens is 282 g/mol. The Bertz CT molecular complexity index is 530. The molecule has 0 saturated carbocycles. The maximum absolute atomic E-state index is 12.5. The Morgan fingerprint density at radius 3 is 2.10 bits per heavy atom. The number of hydrogen-bond acceptors (Lipinski definition) is 5. The predicted octanol–water partition coefficient (Wildman–Crippen LogP) is -0.262. The lowest BCUT2D eigenvalue weighted by molar-refractivity contribution is -0.0996. The standard InChI is InChI=1S/C13H19NO5S/c1-10-2-4-13(5-3-10)20(17,18)14-6-11(8-15)19-12(7-14)9-16/h2-5,11-12,15-16H,6-9H2,1H3. The van der Waals surface area contributed by atoms with Crippen molar-refractivity contribution in [1.82, 2.24) is 4.31 Å². The average Bonchev–Trinajstić information content (AvgIpc) is 2.47. The molecule has 0 radical (unpaired) electrons. The van der Waals surface area contributed by atoms with E-state index in [0.29, 0.717) is 0 Å². The van der Waals surface area contributed by atoms with Crippen LogP contribution in [0.25, 0.3) is 0 Å². The zero-order chi connectivity index (χ0) is 14.8. The van der Waals surface area contributed by atoms with E-state index in [2.05, 4.69) is 0 Å². The van der Waals surface area contributed by atoms with Crippen LogP contribution in [0.15, 0.2) is 29.2 Å². The molecule has 0 amide bonds. The molecule has 0 aliphatic carbocycles. The highest BCUT2D eigenvalue weighted by atomic mass is 32.2. The molecule has 1 aliphatic heterocycles. The number of benzene rings is 1. The fourth-order valence-corrected chi connectivity index (χ4v) is 3.65. The first-order chi connectivity index (χ1) is 9.47. The van der Waals surface area contributed by atoms with Crippen LogP contribution in [-0.2, 0) is 14.8 Å². The van der Waals surface area contributed by atoms with Crippen LogP contribution in [0.1, 0.15) is 5.56 Å². The van der Waals surface area contributed by atoms with Gasteiger partial charge in [-0.2, -0.15) is 4.31 Å². The van der Waals surface area contributed by atoms with Gasteiger partial charge in [-0.15, -0.1) is 0 Å². The fraction of sp³-hybridized carbons (Fsp3) is 0.538. The third-order valence-corrected chi connectivity index (χ3v) is 5.11. The van der Waals surface area contributed by atoms with Crippen LogP contribution in [0.2, 0.25) is 0 Å². The van der Waals surface area contributed by atoms with E-state index in [9.17, 15) is 8.42 Å². The van der Waals surface area contributed by atoms with Gasteiger partial charge in [-0.05, 0) is 19.1 Å². The van der Waals surface area contributed by atoms with E-state index in [1.54, 1.807) is 24.3 Å². The van der Waals surface area contributed by atoms with E-state index in [0.717, 1.165) is 5.56 Å². The summed E-state index contributed by atoms with van der Waals surface area (Å²) in [5, 5.41) is 18.3. The second-order valence-electron chi connectivity index (χ2n) is 4.88.